The third-order valence-corrected chi connectivity index (χ3v) is 6.16. The number of amides is 1. The molecule has 1 aromatic rings. The molecule has 0 aliphatic heterocycles. The molecule has 0 radical (unpaired) electrons. The topological polar surface area (TPSA) is 66.5 Å². The molecule has 1 aliphatic carbocycles. The van der Waals surface area contributed by atoms with E-state index < -0.39 is 16.1 Å². The van der Waals surface area contributed by atoms with E-state index >= 15 is 0 Å². The normalized spacial score (nSPS) is 17.6. The van der Waals surface area contributed by atoms with Gasteiger partial charge < -0.3 is 5.32 Å². The lowest BCUT2D eigenvalue weighted by Crippen LogP contribution is -2.50. The van der Waals surface area contributed by atoms with E-state index in [1.54, 1.807) is 32.0 Å². The molecule has 25 heavy (non-hydrogen) atoms. The molecule has 0 spiro atoms. The minimum atomic E-state index is -3.64. The lowest BCUT2D eigenvalue weighted by atomic mass is 10.1. The molecular formula is C18H27ClN2O3S. The van der Waals surface area contributed by atoms with Gasteiger partial charge >= 0.3 is 0 Å². The van der Waals surface area contributed by atoms with Gasteiger partial charge in [0.25, 0.3) is 0 Å². The first-order valence-corrected chi connectivity index (χ1v) is 11.0. The first kappa shape index (κ1) is 20.0. The molecule has 1 fully saturated rings. The van der Waals surface area contributed by atoms with E-state index in [-0.39, 0.29) is 11.9 Å². The van der Waals surface area contributed by atoms with Crippen LogP contribution >= 0.6 is 11.6 Å². The molecular weight excluding hydrogens is 360 g/mol. The van der Waals surface area contributed by atoms with Gasteiger partial charge in [-0.25, -0.2) is 8.42 Å². The van der Waals surface area contributed by atoms with Crippen LogP contribution in [0.1, 0.15) is 51.0 Å². The summed E-state index contributed by atoms with van der Waals surface area (Å²) in [6, 6.07) is 4.34. The number of hydrogen-bond acceptors (Lipinski definition) is 3. The van der Waals surface area contributed by atoms with Crippen LogP contribution in [0.15, 0.2) is 18.2 Å². The highest BCUT2D eigenvalue weighted by Gasteiger charge is 2.31. The fourth-order valence-corrected chi connectivity index (χ4v) is 4.74. The van der Waals surface area contributed by atoms with Gasteiger partial charge in [-0.1, -0.05) is 43.4 Å². The summed E-state index contributed by atoms with van der Waals surface area (Å²) in [6.45, 7) is 3.42. The SMILES string of the molecule is Cc1ccc(Cl)cc1N([C@@H](C)C(=O)NC1CCCCCC1)S(C)(=O)=O. The number of rotatable bonds is 5. The van der Waals surface area contributed by atoms with Crippen LogP contribution in [0, 0.1) is 6.92 Å². The van der Waals surface area contributed by atoms with Crippen molar-refractivity contribution in [3.63, 3.8) is 0 Å². The third kappa shape index (κ3) is 5.35. The summed E-state index contributed by atoms with van der Waals surface area (Å²) in [5.41, 5.74) is 1.20. The number of carbonyl (C=O) groups excluding carboxylic acids is 1. The average molecular weight is 387 g/mol. The molecule has 0 saturated heterocycles. The van der Waals surface area contributed by atoms with E-state index in [4.69, 9.17) is 11.6 Å². The van der Waals surface area contributed by atoms with Crippen molar-refractivity contribution in [2.75, 3.05) is 10.6 Å². The molecule has 5 nitrogen and oxygen atoms in total. The van der Waals surface area contributed by atoms with Gasteiger partial charge in [-0.3, -0.25) is 9.10 Å². The fraction of sp³-hybridized carbons (Fsp3) is 0.611. The Labute approximate surface area is 155 Å². The Balaban J connectivity index is 2.25. The molecule has 140 valence electrons. The summed E-state index contributed by atoms with van der Waals surface area (Å²) in [7, 11) is -3.64. The number of aryl methyl sites for hydroxylation is 1. The fourth-order valence-electron chi connectivity index (χ4n) is 3.35. The summed E-state index contributed by atoms with van der Waals surface area (Å²) >= 11 is 6.05. The maximum atomic E-state index is 12.7. The Hall–Kier alpha value is -1.27. The number of benzene rings is 1. The van der Waals surface area contributed by atoms with Gasteiger partial charge in [-0.15, -0.1) is 0 Å². The van der Waals surface area contributed by atoms with E-state index in [9.17, 15) is 13.2 Å². The van der Waals surface area contributed by atoms with Crippen molar-refractivity contribution >= 4 is 33.2 Å². The van der Waals surface area contributed by atoms with Crippen LogP contribution in [0.4, 0.5) is 5.69 Å². The predicted octanol–water partition coefficient (Wildman–Crippen LogP) is 3.64. The first-order chi connectivity index (χ1) is 11.7. The van der Waals surface area contributed by atoms with Crippen LogP contribution in [-0.4, -0.2) is 32.7 Å². The van der Waals surface area contributed by atoms with Crippen LogP contribution in [0.3, 0.4) is 0 Å². The monoisotopic (exact) mass is 386 g/mol. The number of nitrogens with one attached hydrogen (secondary N) is 1. The highest BCUT2D eigenvalue weighted by molar-refractivity contribution is 7.92. The molecule has 0 heterocycles. The molecule has 1 aromatic carbocycles. The van der Waals surface area contributed by atoms with Gasteiger partial charge in [-0.05, 0) is 44.4 Å². The molecule has 1 amide bonds. The van der Waals surface area contributed by atoms with Crippen LogP contribution in [0.25, 0.3) is 0 Å². The van der Waals surface area contributed by atoms with Crippen molar-refractivity contribution in [3.8, 4) is 0 Å². The molecule has 7 heteroatoms. The van der Waals surface area contributed by atoms with Gasteiger partial charge in [0, 0.05) is 11.1 Å². The van der Waals surface area contributed by atoms with Crippen LogP contribution in [0.5, 0.6) is 0 Å². The first-order valence-electron chi connectivity index (χ1n) is 8.76. The van der Waals surface area contributed by atoms with E-state index in [0.717, 1.165) is 37.5 Å². The third-order valence-electron chi connectivity index (χ3n) is 4.70. The van der Waals surface area contributed by atoms with Gasteiger partial charge in [0.2, 0.25) is 15.9 Å². The molecule has 1 N–H and O–H groups in total. The zero-order chi connectivity index (χ0) is 18.6. The number of nitrogens with zero attached hydrogens (tertiary/aromatic N) is 1. The van der Waals surface area contributed by atoms with E-state index in [0.29, 0.717) is 10.7 Å². The van der Waals surface area contributed by atoms with Gasteiger partial charge in [-0.2, -0.15) is 0 Å². The molecule has 1 aliphatic rings. The van der Waals surface area contributed by atoms with Gasteiger partial charge in [0.05, 0.1) is 11.9 Å². The number of hydrogen-bond donors (Lipinski definition) is 1. The van der Waals surface area contributed by atoms with Gasteiger partial charge in [0.1, 0.15) is 6.04 Å². The van der Waals surface area contributed by atoms with Crippen LogP contribution < -0.4 is 9.62 Å². The molecule has 0 unspecified atom stereocenters. The summed E-state index contributed by atoms with van der Waals surface area (Å²) in [5.74, 6) is -0.267. The maximum absolute atomic E-state index is 12.7. The molecule has 1 saturated carbocycles. The van der Waals surface area contributed by atoms with E-state index in [1.165, 1.54) is 17.1 Å². The van der Waals surface area contributed by atoms with Gasteiger partial charge in [0.15, 0.2) is 0 Å². The summed E-state index contributed by atoms with van der Waals surface area (Å²) in [6.07, 6.45) is 7.60. The number of sulfonamides is 1. The maximum Gasteiger partial charge on any atom is 0.243 e. The highest BCUT2D eigenvalue weighted by Crippen LogP contribution is 2.28. The predicted molar refractivity (Wildman–Crippen MR) is 103 cm³/mol. The second-order valence-corrected chi connectivity index (χ2v) is 9.16. The highest BCUT2D eigenvalue weighted by atomic mass is 35.5. The Morgan fingerprint density at radius 1 is 1.24 bits per heavy atom. The minimum absolute atomic E-state index is 0.124. The number of carbonyl (C=O) groups is 1. The Bertz CT molecular complexity index is 713. The van der Waals surface area contributed by atoms with Crippen molar-refractivity contribution in [2.45, 2.75) is 64.5 Å². The van der Waals surface area contributed by atoms with Crippen molar-refractivity contribution in [1.29, 1.82) is 0 Å². The van der Waals surface area contributed by atoms with Crippen LogP contribution in [0.2, 0.25) is 5.02 Å². The van der Waals surface area contributed by atoms with E-state index in [1.807, 2.05) is 0 Å². The van der Waals surface area contributed by atoms with Crippen LogP contribution in [-0.2, 0) is 14.8 Å². The number of anilines is 1. The van der Waals surface area contributed by atoms with Crippen molar-refractivity contribution in [3.05, 3.63) is 28.8 Å². The second-order valence-electron chi connectivity index (χ2n) is 6.86. The lowest BCUT2D eigenvalue weighted by Gasteiger charge is -2.30. The largest absolute Gasteiger partial charge is 0.352 e. The molecule has 0 aromatic heterocycles. The Morgan fingerprint density at radius 2 is 1.84 bits per heavy atom. The van der Waals surface area contributed by atoms with E-state index in [2.05, 4.69) is 5.32 Å². The number of halogens is 1. The minimum Gasteiger partial charge on any atom is -0.352 e. The summed E-state index contributed by atoms with van der Waals surface area (Å²) in [4.78, 5) is 12.7. The van der Waals surface area contributed by atoms with Crippen molar-refractivity contribution < 1.29 is 13.2 Å². The Kier molecular flexibility index (Phi) is 6.74. The Morgan fingerprint density at radius 3 is 2.40 bits per heavy atom. The molecule has 1 atom stereocenters. The zero-order valence-corrected chi connectivity index (χ0v) is 16.7. The summed E-state index contributed by atoms with van der Waals surface area (Å²) in [5, 5.41) is 3.47. The smallest absolute Gasteiger partial charge is 0.243 e. The lowest BCUT2D eigenvalue weighted by molar-refractivity contribution is -0.122. The van der Waals surface area contributed by atoms with Crippen molar-refractivity contribution in [1.82, 2.24) is 5.32 Å². The molecule has 0 bridgehead atoms. The average Bonchev–Trinajstić information content (AvgIpc) is 2.78. The molecule has 2 rings (SSSR count). The zero-order valence-electron chi connectivity index (χ0n) is 15.1. The second kappa shape index (κ2) is 8.41. The quantitative estimate of drug-likeness (QED) is 0.785. The summed E-state index contributed by atoms with van der Waals surface area (Å²) < 4.78 is 25.9. The van der Waals surface area contributed by atoms with Crippen molar-refractivity contribution in [2.24, 2.45) is 0 Å². The standard InChI is InChI=1S/C18H27ClN2O3S/c1-13-10-11-15(19)12-17(13)21(25(3,23)24)14(2)18(22)20-16-8-6-4-5-7-9-16/h10-12,14,16H,4-9H2,1-3H3,(H,20,22)/t14-/m0/s1.